The van der Waals surface area contributed by atoms with Crippen LogP contribution in [0.15, 0.2) is 42.5 Å². The van der Waals surface area contributed by atoms with Gasteiger partial charge in [-0.1, -0.05) is 42.5 Å². The zero-order valence-corrected chi connectivity index (χ0v) is 12.1. The van der Waals surface area contributed by atoms with Crippen LogP contribution >= 0.6 is 0 Å². The smallest absolute Gasteiger partial charge is 0.410 e. The van der Waals surface area contributed by atoms with E-state index in [4.69, 9.17) is 4.74 Å². The maximum atomic E-state index is 12.3. The molecule has 0 radical (unpaired) electrons. The molecule has 1 aliphatic carbocycles. The first-order valence-electron chi connectivity index (χ1n) is 7.31. The number of benzene rings is 1. The van der Waals surface area contributed by atoms with Crippen molar-refractivity contribution >= 4 is 11.9 Å². The summed E-state index contributed by atoms with van der Waals surface area (Å²) >= 11 is 0. The number of ketones is 1. The number of amides is 1. The Morgan fingerprint density at radius 3 is 2.67 bits per heavy atom. The molecule has 21 heavy (non-hydrogen) atoms. The van der Waals surface area contributed by atoms with Crippen LogP contribution in [0.1, 0.15) is 18.9 Å². The topological polar surface area (TPSA) is 46.6 Å². The van der Waals surface area contributed by atoms with E-state index < -0.39 is 0 Å². The number of ether oxygens (including phenoxy) is 1. The highest BCUT2D eigenvalue weighted by molar-refractivity contribution is 5.81. The fourth-order valence-electron chi connectivity index (χ4n) is 3.19. The first kappa shape index (κ1) is 13.9. The van der Waals surface area contributed by atoms with Crippen LogP contribution in [-0.2, 0) is 16.1 Å². The summed E-state index contributed by atoms with van der Waals surface area (Å²) in [6.45, 7) is 2.52. The van der Waals surface area contributed by atoms with E-state index in [2.05, 4.69) is 6.08 Å². The summed E-state index contributed by atoms with van der Waals surface area (Å²) in [6, 6.07) is 9.47. The van der Waals surface area contributed by atoms with E-state index in [0.717, 1.165) is 12.0 Å². The van der Waals surface area contributed by atoms with Crippen molar-refractivity contribution < 1.29 is 14.3 Å². The molecule has 3 unspecified atom stereocenters. The second-order valence-corrected chi connectivity index (χ2v) is 5.78. The molecule has 2 bridgehead atoms. The number of hydrogen-bond donors (Lipinski definition) is 0. The van der Waals surface area contributed by atoms with Crippen molar-refractivity contribution in [1.29, 1.82) is 0 Å². The molecule has 1 aromatic rings. The molecule has 0 saturated carbocycles. The molecule has 4 rings (SSSR count). The predicted octanol–water partition coefficient (Wildman–Crippen LogP) is 2.79. The van der Waals surface area contributed by atoms with E-state index in [0.29, 0.717) is 6.54 Å². The molecule has 110 valence electrons. The number of carbonyl (C=O) groups is 2. The SMILES string of the molecule is CC(=O)C1CC2C=CC1N(C(=O)OCc1ccccc1)C2. The van der Waals surface area contributed by atoms with E-state index in [9.17, 15) is 9.59 Å². The van der Waals surface area contributed by atoms with Crippen molar-refractivity contribution in [2.75, 3.05) is 6.54 Å². The third-order valence-corrected chi connectivity index (χ3v) is 4.30. The van der Waals surface area contributed by atoms with Crippen molar-refractivity contribution in [3.8, 4) is 0 Å². The van der Waals surface area contributed by atoms with Gasteiger partial charge >= 0.3 is 6.09 Å². The highest BCUT2D eigenvalue weighted by Crippen LogP contribution is 2.35. The molecule has 0 spiro atoms. The maximum absolute atomic E-state index is 12.3. The lowest BCUT2D eigenvalue weighted by molar-refractivity contribution is -0.124. The zero-order valence-electron chi connectivity index (χ0n) is 12.1. The second kappa shape index (κ2) is 5.72. The van der Waals surface area contributed by atoms with Gasteiger partial charge in [0.2, 0.25) is 0 Å². The van der Waals surface area contributed by atoms with Gasteiger partial charge in [0.1, 0.15) is 12.4 Å². The fraction of sp³-hybridized carbons (Fsp3) is 0.412. The Morgan fingerprint density at radius 2 is 2.00 bits per heavy atom. The van der Waals surface area contributed by atoms with Gasteiger partial charge in [-0.25, -0.2) is 4.79 Å². The maximum Gasteiger partial charge on any atom is 0.410 e. The lowest BCUT2D eigenvalue weighted by Crippen LogP contribution is -2.54. The molecule has 4 heteroatoms. The van der Waals surface area contributed by atoms with Crippen LogP contribution in [0.25, 0.3) is 0 Å². The van der Waals surface area contributed by atoms with Gasteiger partial charge in [0, 0.05) is 12.5 Å². The molecule has 0 N–H and O–H groups in total. The monoisotopic (exact) mass is 285 g/mol. The highest BCUT2D eigenvalue weighted by atomic mass is 16.6. The van der Waals surface area contributed by atoms with Crippen LogP contribution in [0.2, 0.25) is 0 Å². The molecule has 3 atom stereocenters. The summed E-state index contributed by atoms with van der Waals surface area (Å²) in [7, 11) is 0. The third-order valence-electron chi connectivity index (χ3n) is 4.30. The Kier molecular flexibility index (Phi) is 3.78. The molecule has 1 saturated heterocycles. The van der Waals surface area contributed by atoms with Gasteiger partial charge in [0.25, 0.3) is 0 Å². The van der Waals surface area contributed by atoms with Gasteiger partial charge in [-0.15, -0.1) is 0 Å². The molecule has 1 fully saturated rings. The molecule has 2 aliphatic heterocycles. The average Bonchev–Trinajstić information content (AvgIpc) is 2.53. The van der Waals surface area contributed by atoms with E-state index in [1.165, 1.54) is 0 Å². The summed E-state index contributed by atoms with van der Waals surface area (Å²) < 4.78 is 5.39. The molecule has 4 nitrogen and oxygen atoms in total. The minimum atomic E-state index is -0.329. The molecule has 3 aliphatic rings. The van der Waals surface area contributed by atoms with Gasteiger partial charge in [0.05, 0.1) is 6.04 Å². The van der Waals surface area contributed by atoms with Crippen molar-refractivity contribution in [2.24, 2.45) is 11.8 Å². The van der Waals surface area contributed by atoms with Crippen LogP contribution < -0.4 is 0 Å². The predicted molar refractivity (Wildman–Crippen MR) is 78.5 cm³/mol. The number of Topliss-reactive ketones (excluding diaryl/α,β-unsaturated/α-hetero) is 1. The van der Waals surface area contributed by atoms with Gasteiger partial charge in [0.15, 0.2) is 0 Å². The van der Waals surface area contributed by atoms with Gasteiger partial charge < -0.3 is 9.64 Å². The molecular formula is C17H19NO3. The van der Waals surface area contributed by atoms with Crippen molar-refractivity contribution in [2.45, 2.75) is 26.0 Å². The normalized spacial score (nSPS) is 26.7. The Hall–Kier alpha value is -2.10. The lowest BCUT2D eigenvalue weighted by atomic mass is 9.76. The van der Waals surface area contributed by atoms with Crippen molar-refractivity contribution in [3.05, 3.63) is 48.0 Å². The minimum absolute atomic E-state index is 0.0852. The van der Waals surface area contributed by atoms with Crippen molar-refractivity contribution in [3.63, 3.8) is 0 Å². The number of fused-ring (bicyclic) bond motifs is 2. The summed E-state index contributed by atoms with van der Waals surface area (Å²) in [5, 5.41) is 0. The summed E-state index contributed by atoms with van der Waals surface area (Å²) in [6.07, 6.45) is 4.61. The number of rotatable bonds is 3. The Bertz CT molecular complexity index is 567. The van der Waals surface area contributed by atoms with E-state index >= 15 is 0 Å². The number of hydrogen-bond acceptors (Lipinski definition) is 3. The van der Waals surface area contributed by atoms with E-state index in [1.807, 2.05) is 36.4 Å². The van der Waals surface area contributed by atoms with Gasteiger partial charge in [-0.05, 0) is 24.8 Å². The van der Waals surface area contributed by atoms with E-state index in [-0.39, 0.29) is 36.4 Å². The molecule has 0 aromatic heterocycles. The Morgan fingerprint density at radius 1 is 1.24 bits per heavy atom. The quantitative estimate of drug-likeness (QED) is 0.802. The summed E-state index contributed by atoms with van der Waals surface area (Å²) in [5.41, 5.74) is 0.965. The Labute approximate surface area is 124 Å². The third kappa shape index (κ3) is 2.84. The summed E-state index contributed by atoms with van der Waals surface area (Å²) in [5.74, 6) is 0.334. The number of carbonyl (C=O) groups excluding carboxylic acids is 2. The van der Waals surface area contributed by atoms with Crippen LogP contribution in [0, 0.1) is 11.8 Å². The molecule has 2 heterocycles. The molecule has 1 aromatic carbocycles. The number of nitrogens with zero attached hydrogens (tertiary/aromatic N) is 1. The van der Waals surface area contributed by atoms with Crippen LogP contribution in [-0.4, -0.2) is 29.4 Å². The average molecular weight is 285 g/mol. The first-order valence-corrected chi connectivity index (χ1v) is 7.31. The van der Waals surface area contributed by atoms with E-state index in [1.54, 1.807) is 11.8 Å². The standard InChI is InChI=1S/C17H19NO3/c1-12(19)15-9-14-7-8-16(15)18(10-14)17(20)21-11-13-5-3-2-4-6-13/h2-8,14-16H,9-11H2,1H3. The molecular weight excluding hydrogens is 266 g/mol. The zero-order chi connectivity index (χ0) is 14.8. The molecule has 1 amide bonds. The van der Waals surface area contributed by atoms with Crippen LogP contribution in [0.3, 0.4) is 0 Å². The lowest BCUT2D eigenvalue weighted by Gasteiger charge is -2.44. The Balaban J connectivity index is 1.65. The largest absolute Gasteiger partial charge is 0.445 e. The van der Waals surface area contributed by atoms with Gasteiger partial charge in [-0.2, -0.15) is 0 Å². The highest BCUT2D eigenvalue weighted by Gasteiger charge is 2.42. The minimum Gasteiger partial charge on any atom is -0.445 e. The first-order chi connectivity index (χ1) is 10.1. The fourth-order valence-corrected chi connectivity index (χ4v) is 3.19. The van der Waals surface area contributed by atoms with Crippen molar-refractivity contribution in [1.82, 2.24) is 4.90 Å². The summed E-state index contributed by atoms with van der Waals surface area (Å²) in [4.78, 5) is 25.7. The number of piperidine rings is 1. The second-order valence-electron chi connectivity index (χ2n) is 5.78. The van der Waals surface area contributed by atoms with Crippen LogP contribution in [0.4, 0.5) is 4.79 Å². The van der Waals surface area contributed by atoms with Gasteiger partial charge in [-0.3, -0.25) is 4.79 Å². The van der Waals surface area contributed by atoms with Crippen LogP contribution in [0.5, 0.6) is 0 Å².